The minimum Gasteiger partial charge on any atom is -0.485 e. The van der Waals surface area contributed by atoms with Crippen molar-refractivity contribution in [3.05, 3.63) is 57.2 Å². The van der Waals surface area contributed by atoms with Gasteiger partial charge >= 0.3 is 0 Å². The van der Waals surface area contributed by atoms with Crippen molar-refractivity contribution < 1.29 is 9.47 Å². The zero-order chi connectivity index (χ0) is 14.2. The number of rotatable bonds is 3. The molecule has 0 fully saturated rings. The third-order valence-corrected chi connectivity index (χ3v) is 4.08. The standard InChI is InChI=1S/C17H17IO2/c1-17(2)10-13-4-3-5-15(16(13)20-17)19-11-12-6-8-14(18)9-7-12/h3-9H,10-11H2,1-2H3. The zero-order valence-electron chi connectivity index (χ0n) is 11.7. The number of hydrogen-bond acceptors (Lipinski definition) is 2. The summed E-state index contributed by atoms with van der Waals surface area (Å²) in [7, 11) is 0. The summed E-state index contributed by atoms with van der Waals surface area (Å²) in [5.41, 5.74) is 2.26. The molecule has 0 saturated carbocycles. The molecule has 0 atom stereocenters. The average Bonchev–Trinajstić information content (AvgIpc) is 2.72. The first kappa shape index (κ1) is 13.7. The number of hydrogen-bond donors (Lipinski definition) is 0. The van der Waals surface area contributed by atoms with Crippen molar-refractivity contribution in [2.75, 3.05) is 0 Å². The van der Waals surface area contributed by atoms with Crippen LogP contribution in [-0.2, 0) is 13.0 Å². The Hall–Kier alpha value is -1.23. The van der Waals surface area contributed by atoms with Crippen LogP contribution in [0.1, 0.15) is 25.0 Å². The summed E-state index contributed by atoms with van der Waals surface area (Å²) >= 11 is 2.30. The Morgan fingerprint density at radius 3 is 2.65 bits per heavy atom. The number of para-hydroxylation sites is 1. The van der Waals surface area contributed by atoms with Gasteiger partial charge in [-0.15, -0.1) is 0 Å². The lowest BCUT2D eigenvalue weighted by molar-refractivity contribution is 0.131. The lowest BCUT2D eigenvalue weighted by Crippen LogP contribution is -2.24. The fraction of sp³-hybridized carbons (Fsp3) is 0.294. The topological polar surface area (TPSA) is 18.5 Å². The largest absolute Gasteiger partial charge is 0.485 e. The number of fused-ring (bicyclic) bond motifs is 1. The fourth-order valence-corrected chi connectivity index (χ4v) is 2.80. The van der Waals surface area contributed by atoms with Gasteiger partial charge < -0.3 is 9.47 Å². The molecule has 1 heterocycles. The van der Waals surface area contributed by atoms with Crippen LogP contribution in [0.2, 0.25) is 0 Å². The van der Waals surface area contributed by atoms with Gasteiger partial charge in [0.1, 0.15) is 12.2 Å². The lowest BCUT2D eigenvalue weighted by Gasteiger charge is -2.18. The van der Waals surface area contributed by atoms with Crippen LogP contribution in [0.25, 0.3) is 0 Å². The van der Waals surface area contributed by atoms with Crippen molar-refractivity contribution in [3.63, 3.8) is 0 Å². The van der Waals surface area contributed by atoms with E-state index in [1.54, 1.807) is 0 Å². The van der Waals surface area contributed by atoms with Crippen LogP contribution < -0.4 is 9.47 Å². The maximum Gasteiger partial charge on any atom is 0.165 e. The van der Waals surface area contributed by atoms with E-state index in [0.717, 1.165) is 17.9 Å². The number of ether oxygens (including phenoxy) is 2. The summed E-state index contributed by atoms with van der Waals surface area (Å²) in [5, 5.41) is 0. The first-order valence-corrected chi connectivity index (χ1v) is 7.79. The third-order valence-electron chi connectivity index (χ3n) is 3.36. The van der Waals surface area contributed by atoms with Gasteiger partial charge in [0, 0.05) is 15.6 Å². The Bertz CT molecular complexity index is 617. The predicted molar refractivity (Wildman–Crippen MR) is 88.3 cm³/mol. The molecule has 0 radical (unpaired) electrons. The van der Waals surface area contributed by atoms with Crippen molar-refractivity contribution in [1.82, 2.24) is 0 Å². The Morgan fingerprint density at radius 2 is 1.90 bits per heavy atom. The SMILES string of the molecule is CC1(C)Cc2cccc(OCc3ccc(I)cc3)c2O1. The fourth-order valence-electron chi connectivity index (χ4n) is 2.44. The number of benzene rings is 2. The molecule has 2 aromatic carbocycles. The molecule has 2 aromatic rings. The van der Waals surface area contributed by atoms with Gasteiger partial charge in [0.2, 0.25) is 0 Å². The van der Waals surface area contributed by atoms with E-state index in [1.165, 1.54) is 14.7 Å². The first-order valence-electron chi connectivity index (χ1n) is 6.72. The first-order chi connectivity index (χ1) is 9.53. The highest BCUT2D eigenvalue weighted by Crippen LogP contribution is 2.41. The summed E-state index contributed by atoms with van der Waals surface area (Å²) in [5.74, 6) is 1.75. The summed E-state index contributed by atoms with van der Waals surface area (Å²) in [6.45, 7) is 4.78. The molecular formula is C17H17IO2. The van der Waals surface area contributed by atoms with Crippen molar-refractivity contribution in [3.8, 4) is 11.5 Å². The monoisotopic (exact) mass is 380 g/mol. The van der Waals surface area contributed by atoms with Crippen molar-refractivity contribution in [2.45, 2.75) is 32.5 Å². The maximum absolute atomic E-state index is 6.01. The van der Waals surface area contributed by atoms with Gasteiger partial charge in [0.25, 0.3) is 0 Å². The average molecular weight is 380 g/mol. The maximum atomic E-state index is 6.01. The highest BCUT2D eigenvalue weighted by atomic mass is 127. The second kappa shape index (κ2) is 5.28. The van der Waals surface area contributed by atoms with E-state index >= 15 is 0 Å². The van der Waals surface area contributed by atoms with Gasteiger partial charge in [0.05, 0.1) is 0 Å². The number of halogens is 1. The van der Waals surface area contributed by atoms with Gasteiger partial charge in [-0.2, -0.15) is 0 Å². The van der Waals surface area contributed by atoms with E-state index < -0.39 is 0 Å². The third kappa shape index (κ3) is 2.92. The quantitative estimate of drug-likeness (QED) is 0.726. The summed E-state index contributed by atoms with van der Waals surface area (Å²) in [6.07, 6.45) is 0.934. The Kier molecular flexibility index (Phi) is 3.63. The minimum absolute atomic E-state index is 0.134. The van der Waals surface area contributed by atoms with Crippen molar-refractivity contribution in [1.29, 1.82) is 0 Å². The Labute approximate surface area is 133 Å². The van der Waals surface area contributed by atoms with Crippen LogP contribution in [0.15, 0.2) is 42.5 Å². The van der Waals surface area contributed by atoms with E-state index in [2.05, 4.69) is 66.8 Å². The predicted octanol–water partition coefficient (Wildman–Crippen LogP) is 4.58. The summed E-state index contributed by atoms with van der Waals surface area (Å²) in [4.78, 5) is 0. The van der Waals surface area contributed by atoms with Crippen molar-refractivity contribution >= 4 is 22.6 Å². The van der Waals surface area contributed by atoms with Gasteiger partial charge in [-0.05, 0) is 60.2 Å². The second-order valence-corrected chi connectivity index (χ2v) is 6.94. The van der Waals surface area contributed by atoms with Crippen LogP contribution in [0.5, 0.6) is 11.5 Å². The van der Waals surface area contributed by atoms with Crippen LogP contribution >= 0.6 is 22.6 Å². The van der Waals surface area contributed by atoms with Gasteiger partial charge in [0.15, 0.2) is 11.5 Å². The highest BCUT2D eigenvalue weighted by Gasteiger charge is 2.32. The molecule has 3 heteroatoms. The van der Waals surface area contributed by atoms with Crippen LogP contribution in [-0.4, -0.2) is 5.60 Å². The molecule has 1 aliphatic rings. The molecule has 20 heavy (non-hydrogen) atoms. The molecule has 0 saturated heterocycles. The minimum atomic E-state index is -0.134. The van der Waals surface area contributed by atoms with Crippen LogP contribution in [0, 0.1) is 3.57 Å². The highest BCUT2D eigenvalue weighted by molar-refractivity contribution is 14.1. The molecule has 0 aromatic heterocycles. The molecule has 1 aliphatic heterocycles. The van der Waals surface area contributed by atoms with Crippen LogP contribution in [0.4, 0.5) is 0 Å². The van der Waals surface area contributed by atoms with E-state index in [-0.39, 0.29) is 5.60 Å². The molecule has 0 amide bonds. The zero-order valence-corrected chi connectivity index (χ0v) is 13.8. The van der Waals surface area contributed by atoms with E-state index in [1.807, 2.05) is 12.1 Å². The van der Waals surface area contributed by atoms with E-state index in [9.17, 15) is 0 Å². The molecule has 2 nitrogen and oxygen atoms in total. The lowest BCUT2D eigenvalue weighted by atomic mass is 10.0. The van der Waals surface area contributed by atoms with Crippen LogP contribution in [0.3, 0.4) is 0 Å². The Balaban J connectivity index is 1.76. The molecule has 0 spiro atoms. The molecule has 104 valence electrons. The molecule has 0 N–H and O–H groups in total. The smallest absolute Gasteiger partial charge is 0.165 e. The second-order valence-electron chi connectivity index (χ2n) is 5.70. The molecule has 0 aliphatic carbocycles. The van der Waals surface area contributed by atoms with E-state index in [0.29, 0.717) is 6.61 Å². The molecular weight excluding hydrogens is 363 g/mol. The normalized spacial score (nSPS) is 15.6. The molecule has 0 unspecified atom stereocenters. The summed E-state index contributed by atoms with van der Waals surface area (Å²) in [6, 6.07) is 14.5. The van der Waals surface area contributed by atoms with E-state index in [4.69, 9.17) is 9.47 Å². The van der Waals surface area contributed by atoms with Gasteiger partial charge in [-0.25, -0.2) is 0 Å². The van der Waals surface area contributed by atoms with Gasteiger partial charge in [-0.3, -0.25) is 0 Å². The van der Waals surface area contributed by atoms with Crippen molar-refractivity contribution in [2.24, 2.45) is 0 Å². The molecule has 3 rings (SSSR count). The summed E-state index contributed by atoms with van der Waals surface area (Å²) < 4.78 is 13.2. The Morgan fingerprint density at radius 1 is 1.15 bits per heavy atom. The van der Waals surface area contributed by atoms with Gasteiger partial charge in [-0.1, -0.05) is 24.3 Å². The molecule has 0 bridgehead atoms.